The fourth-order valence-corrected chi connectivity index (χ4v) is 3.16. The van der Waals surface area contributed by atoms with E-state index in [0.29, 0.717) is 0 Å². The summed E-state index contributed by atoms with van der Waals surface area (Å²) in [5.74, 6) is 0. The van der Waals surface area contributed by atoms with Crippen LogP contribution in [0.5, 0.6) is 0 Å². The predicted molar refractivity (Wildman–Crippen MR) is 91.6 cm³/mol. The first-order chi connectivity index (χ1) is 10.3. The minimum Gasteiger partial charge on any atom is -0.0622 e. The maximum atomic E-state index is 2.30. The molecular formula is C21H16. The molecule has 0 aliphatic heterocycles. The van der Waals surface area contributed by atoms with Crippen LogP contribution in [0.1, 0.15) is 5.56 Å². The second-order valence-corrected chi connectivity index (χ2v) is 5.54. The number of rotatable bonds is 1. The van der Waals surface area contributed by atoms with Gasteiger partial charge in [-0.25, -0.2) is 0 Å². The normalized spacial score (nSPS) is 11.1. The van der Waals surface area contributed by atoms with Gasteiger partial charge in [0, 0.05) is 0 Å². The van der Waals surface area contributed by atoms with Gasteiger partial charge in [0.15, 0.2) is 0 Å². The fraction of sp³-hybridized carbons (Fsp3) is 0.0476. The van der Waals surface area contributed by atoms with E-state index >= 15 is 0 Å². The van der Waals surface area contributed by atoms with Crippen LogP contribution in [0, 0.1) is 6.92 Å². The Morgan fingerprint density at radius 3 is 2.14 bits per heavy atom. The van der Waals surface area contributed by atoms with E-state index in [9.17, 15) is 0 Å². The number of hydrogen-bond donors (Lipinski definition) is 0. The van der Waals surface area contributed by atoms with E-state index in [0.717, 1.165) is 0 Å². The molecule has 0 aliphatic carbocycles. The third-order valence-electron chi connectivity index (χ3n) is 4.15. The van der Waals surface area contributed by atoms with E-state index in [2.05, 4.69) is 85.8 Å². The van der Waals surface area contributed by atoms with Gasteiger partial charge in [-0.2, -0.15) is 0 Å². The molecule has 0 unspecified atom stereocenters. The van der Waals surface area contributed by atoms with Crippen LogP contribution in [0.3, 0.4) is 0 Å². The Kier molecular flexibility index (Phi) is 2.75. The van der Waals surface area contributed by atoms with E-state index in [1.54, 1.807) is 0 Å². The van der Waals surface area contributed by atoms with E-state index in [-0.39, 0.29) is 0 Å². The number of aryl methyl sites for hydroxylation is 1. The van der Waals surface area contributed by atoms with Crippen molar-refractivity contribution in [3.05, 3.63) is 84.4 Å². The lowest BCUT2D eigenvalue weighted by atomic mass is 9.94. The molecule has 0 aromatic heterocycles. The summed E-state index contributed by atoms with van der Waals surface area (Å²) in [5, 5.41) is 5.33. The van der Waals surface area contributed by atoms with Crippen molar-refractivity contribution in [2.24, 2.45) is 0 Å². The van der Waals surface area contributed by atoms with Crippen LogP contribution >= 0.6 is 0 Å². The van der Waals surface area contributed by atoms with Gasteiger partial charge >= 0.3 is 0 Å². The predicted octanol–water partition coefficient (Wildman–Crippen LogP) is 5.97. The quantitative estimate of drug-likeness (QED) is 0.373. The molecule has 0 heteroatoms. The summed E-state index contributed by atoms with van der Waals surface area (Å²) >= 11 is 0. The second-order valence-electron chi connectivity index (χ2n) is 5.54. The van der Waals surface area contributed by atoms with Crippen molar-refractivity contribution in [3.8, 4) is 11.1 Å². The molecule has 0 spiro atoms. The minimum absolute atomic E-state index is 1.27. The summed E-state index contributed by atoms with van der Waals surface area (Å²) in [4.78, 5) is 0. The first-order valence-electron chi connectivity index (χ1n) is 7.30. The van der Waals surface area contributed by atoms with Crippen LogP contribution in [0.4, 0.5) is 0 Å². The average Bonchev–Trinajstić information content (AvgIpc) is 2.55. The topological polar surface area (TPSA) is 0 Å². The molecule has 0 amide bonds. The summed E-state index contributed by atoms with van der Waals surface area (Å²) < 4.78 is 0. The Labute approximate surface area is 124 Å². The Morgan fingerprint density at radius 1 is 0.571 bits per heavy atom. The van der Waals surface area contributed by atoms with Gasteiger partial charge in [0.2, 0.25) is 0 Å². The zero-order valence-corrected chi connectivity index (χ0v) is 12.0. The van der Waals surface area contributed by atoms with Gasteiger partial charge in [-0.3, -0.25) is 0 Å². The maximum absolute atomic E-state index is 2.30. The third kappa shape index (κ3) is 2.00. The zero-order valence-electron chi connectivity index (χ0n) is 12.0. The molecule has 4 aromatic carbocycles. The second kappa shape index (κ2) is 4.75. The van der Waals surface area contributed by atoms with Crippen LogP contribution in [-0.4, -0.2) is 0 Å². The van der Waals surface area contributed by atoms with Crippen LogP contribution in [-0.2, 0) is 0 Å². The first-order valence-corrected chi connectivity index (χ1v) is 7.30. The Hall–Kier alpha value is -2.60. The van der Waals surface area contributed by atoms with E-state index in [1.165, 1.54) is 38.2 Å². The standard InChI is InChI=1S/C21H16/c1-15-13-19(16-7-3-2-4-8-16)14-18-12-11-17-9-5-6-10-20(17)21(15)18/h2-14H,1H3. The molecule has 0 fully saturated rings. The van der Waals surface area contributed by atoms with Gasteiger partial charge in [0.25, 0.3) is 0 Å². The van der Waals surface area contributed by atoms with E-state index < -0.39 is 0 Å². The van der Waals surface area contributed by atoms with Crippen LogP contribution in [0.2, 0.25) is 0 Å². The Balaban J connectivity index is 2.06. The third-order valence-corrected chi connectivity index (χ3v) is 4.15. The van der Waals surface area contributed by atoms with Crippen molar-refractivity contribution in [2.75, 3.05) is 0 Å². The molecule has 0 aliphatic rings. The molecule has 21 heavy (non-hydrogen) atoms. The lowest BCUT2D eigenvalue weighted by Gasteiger charge is -2.10. The van der Waals surface area contributed by atoms with Crippen molar-refractivity contribution < 1.29 is 0 Å². The number of fused-ring (bicyclic) bond motifs is 3. The maximum Gasteiger partial charge on any atom is -0.00757 e. The first kappa shape index (κ1) is 12.2. The minimum atomic E-state index is 1.27. The molecule has 0 radical (unpaired) electrons. The highest BCUT2D eigenvalue weighted by Crippen LogP contribution is 2.32. The van der Waals surface area contributed by atoms with Gasteiger partial charge in [-0.1, -0.05) is 72.8 Å². The van der Waals surface area contributed by atoms with Crippen LogP contribution < -0.4 is 0 Å². The Bertz CT molecular complexity index is 934. The highest BCUT2D eigenvalue weighted by molar-refractivity contribution is 6.10. The number of hydrogen-bond acceptors (Lipinski definition) is 0. The molecule has 0 saturated carbocycles. The van der Waals surface area contributed by atoms with Crippen molar-refractivity contribution >= 4 is 21.5 Å². The average molecular weight is 268 g/mol. The molecular weight excluding hydrogens is 252 g/mol. The van der Waals surface area contributed by atoms with E-state index in [1.807, 2.05) is 0 Å². The molecule has 0 heterocycles. The van der Waals surface area contributed by atoms with Crippen molar-refractivity contribution in [3.63, 3.8) is 0 Å². The fourth-order valence-electron chi connectivity index (χ4n) is 3.16. The SMILES string of the molecule is Cc1cc(-c2ccccc2)cc2ccc3ccccc3c12. The lowest BCUT2D eigenvalue weighted by molar-refractivity contribution is 1.53. The molecule has 0 saturated heterocycles. The lowest BCUT2D eigenvalue weighted by Crippen LogP contribution is -1.85. The van der Waals surface area contributed by atoms with Crippen molar-refractivity contribution in [1.82, 2.24) is 0 Å². The summed E-state index contributed by atoms with van der Waals surface area (Å²) in [5.41, 5.74) is 3.90. The summed E-state index contributed by atoms with van der Waals surface area (Å²) in [6.07, 6.45) is 0. The van der Waals surface area contributed by atoms with E-state index in [4.69, 9.17) is 0 Å². The monoisotopic (exact) mass is 268 g/mol. The molecule has 4 aromatic rings. The molecule has 0 N–H and O–H groups in total. The van der Waals surface area contributed by atoms with Gasteiger partial charge in [0.05, 0.1) is 0 Å². The Morgan fingerprint density at radius 2 is 1.29 bits per heavy atom. The molecule has 0 bridgehead atoms. The van der Waals surface area contributed by atoms with Gasteiger partial charge < -0.3 is 0 Å². The summed E-state index contributed by atoms with van der Waals surface area (Å²) in [6, 6.07) is 28.2. The highest BCUT2D eigenvalue weighted by atomic mass is 14.1. The zero-order chi connectivity index (χ0) is 14.2. The van der Waals surface area contributed by atoms with Gasteiger partial charge in [-0.15, -0.1) is 0 Å². The number of benzene rings is 4. The molecule has 0 nitrogen and oxygen atoms in total. The summed E-state index contributed by atoms with van der Waals surface area (Å²) in [6.45, 7) is 2.21. The van der Waals surface area contributed by atoms with Crippen molar-refractivity contribution in [1.29, 1.82) is 0 Å². The largest absolute Gasteiger partial charge is 0.0622 e. The van der Waals surface area contributed by atoms with Crippen LogP contribution in [0.25, 0.3) is 32.7 Å². The van der Waals surface area contributed by atoms with Crippen LogP contribution in [0.15, 0.2) is 78.9 Å². The molecule has 100 valence electrons. The molecule has 4 rings (SSSR count). The highest BCUT2D eigenvalue weighted by Gasteiger charge is 2.06. The van der Waals surface area contributed by atoms with Gasteiger partial charge in [0.1, 0.15) is 0 Å². The smallest absolute Gasteiger partial charge is 0.00757 e. The van der Waals surface area contributed by atoms with Crippen molar-refractivity contribution in [2.45, 2.75) is 6.92 Å². The summed E-state index contributed by atoms with van der Waals surface area (Å²) in [7, 11) is 0. The van der Waals surface area contributed by atoms with Gasteiger partial charge in [-0.05, 0) is 51.2 Å². The molecule has 0 atom stereocenters.